The van der Waals surface area contributed by atoms with Gasteiger partial charge in [0.05, 0.1) is 0 Å². The second-order valence-electron chi connectivity index (χ2n) is 4.59. The molecule has 1 unspecified atom stereocenters. The molecule has 2 aromatic carbocycles. The molecular weight excluding hydrogens is 269 g/mol. The van der Waals surface area contributed by atoms with E-state index in [1.807, 2.05) is 6.92 Å². The first kappa shape index (κ1) is 14.7. The van der Waals surface area contributed by atoms with Crippen LogP contribution in [0.1, 0.15) is 6.92 Å². The molecule has 0 heterocycles. The number of nitrogens with one attached hydrogen (secondary N) is 1. The van der Waals surface area contributed by atoms with E-state index in [1.54, 1.807) is 36.5 Å². The van der Waals surface area contributed by atoms with Gasteiger partial charge in [-0.1, -0.05) is 13.0 Å². The van der Waals surface area contributed by atoms with Crippen LogP contribution in [0.2, 0.25) is 0 Å². The number of ether oxygens (including phenoxy) is 1. The van der Waals surface area contributed by atoms with E-state index in [-0.39, 0.29) is 11.7 Å². The molecule has 0 aromatic heterocycles. The van der Waals surface area contributed by atoms with Crippen LogP contribution in [0.15, 0.2) is 47.5 Å². The quantitative estimate of drug-likeness (QED) is 0.638. The monoisotopic (exact) mass is 285 g/mol. The first-order chi connectivity index (χ1) is 10.1. The molecule has 0 spiro atoms. The van der Waals surface area contributed by atoms with Gasteiger partial charge in [-0.25, -0.2) is 4.39 Å². The highest BCUT2D eigenvalue weighted by atomic mass is 19.1. The molecule has 21 heavy (non-hydrogen) atoms. The maximum Gasteiger partial charge on any atom is 0.155 e. The summed E-state index contributed by atoms with van der Waals surface area (Å²) in [6.45, 7) is 1.85. The van der Waals surface area contributed by atoms with Gasteiger partial charge in [-0.3, -0.25) is 4.99 Å². The number of benzene rings is 2. The summed E-state index contributed by atoms with van der Waals surface area (Å²) in [6.07, 6.45) is 2.92. The fourth-order valence-corrected chi connectivity index (χ4v) is 1.62. The number of anilines is 1. The molecule has 108 valence electrons. The molecular formula is C16H16FN3O. The van der Waals surface area contributed by atoms with Crippen molar-refractivity contribution in [2.45, 2.75) is 6.92 Å². The lowest BCUT2D eigenvalue weighted by Crippen LogP contribution is -1.95. The maximum absolute atomic E-state index is 13.2. The van der Waals surface area contributed by atoms with Crippen LogP contribution in [-0.4, -0.2) is 12.4 Å². The van der Waals surface area contributed by atoms with Gasteiger partial charge in [0.15, 0.2) is 5.75 Å². The zero-order valence-electron chi connectivity index (χ0n) is 11.6. The molecule has 0 aliphatic rings. The Labute approximate surface area is 122 Å². The number of nitrogens with two attached hydrogens (primary N) is 1. The van der Waals surface area contributed by atoms with Crippen LogP contribution in [0.3, 0.4) is 0 Å². The minimum Gasteiger partial charge on any atom is -0.455 e. The molecule has 0 saturated heterocycles. The molecule has 2 rings (SSSR count). The summed E-state index contributed by atoms with van der Waals surface area (Å²) in [5, 5.41) is 7.16. The molecule has 0 fully saturated rings. The average molecular weight is 285 g/mol. The molecule has 2 aromatic rings. The fourth-order valence-electron chi connectivity index (χ4n) is 1.62. The largest absolute Gasteiger partial charge is 0.455 e. The van der Waals surface area contributed by atoms with Crippen LogP contribution in [-0.2, 0) is 0 Å². The van der Waals surface area contributed by atoms with E-state index in [0.29, 0.717) is 22.9 Å². The standard InChI is InChI=1S/C16H16FN3O/c1-11(9-18)10-20-15-6-5-13(19)8-16(15)21-14-4-2-3-12(17)7-14/h2-11,18H,19H2,1H3. The second kappa shape index (κ2) is 6.65. The summed E-state index contributed by atoms with van der Waals surface area (Å²) in [5.74, 6) is 0.356. The highest BCUT2D eigenvalue weighted by molar-refractivity contribution is 5.83. The number of rotatable bonds is 5. The summed E-state index contributed by atoms with van der Waals surface area (Å²) in [4.78, 5) is 4.29. The Bertz CT molecular complexity index is 670. The van der Waals surface area contributed by atoms with Gasteiger partial charge in [-0.2, -0.15) is 0 Å². The van der Waals surface area contributed by atoms with Crippen LogP contribution in [0.5, 0.6) is 11.5 Å². The summed E-state index contributed by atoms with van der Waals surface area (Å²) in [5.41, 5.74) is 6.85. The predicted molar refractivity (Wildman–Crippen MR) is 83.4 cm³/mol. The zero-order chi connectivity index (χ0) is 15.2. The number of hydrogen-bond donors (Lipinski definition) is 2. The van der Waals surface area contributed by atoms with Crippen molar-refractivity contribution in [2.75, 3.05) is 5.73 Å². The third-order valence-corrected chi connectivity index (χ3v) is 2.72. The van der Waals surface area contributed by atoms with Crippen molar-refractivity contribution < 1.29 is 9.13 Å². The Balaban J connectivity index is 2.31. The van der Waals surface area contributed by atoms with Crippen LogP contribution < -0.4 is 10.5 Å². The summed E-state index contributed by atoms with van der Waals surface area (Å²) < 4.78 is 18.8. The molecule has 4 nitrogen and oxygen atoms in total. The molecule has 0 saturated carbocycles. The lowest BCUT2D eigenvalue weighted by molar-refractivity contribution is 0.478. The van der Waals surface area contributed by atoms with Crippen LogP contribution in [0.4, 0.5) is 15.8 Å². The summed E-state index contributed by atoms with van der Waals surface area (Å²) in [7, 11) is 0. The molecule has 0 amide bonds. The van der Waals surface area contributed by atoms with Crippen LogP contribution in [0, 0.1) is 17.1 Å². The predicted octanol–water partition coefficient (Wildman–Crippen LogP) is 4.19. The number of halogens is 1. The van der Waals surface area contributed by atoms with Crippen molar-refractivity contribution in [3.05, 3.63) is 48.3 Å². The van der Waals surface area contributed by atoms with Gasteiger partial charge in [0.25, 0.3) is 0 Å². The second-order valence-corrected chi connectivity index (χ2v) is 4.59. The minimum atomic E-state index is -0.376. The number of nitrogen functional groups attached to an aromatic ring is 1. The molecule has 0 radical (unpaired) electrons. The van der Waals surface area contributed by atoms with E-state index in [9.17, 15) is 4.39 Å². The van der Waals surface area contributed by atoms with Crippen molar-refractivity contribution >= 4 is 23.8 Å². The van der Waals surface area contributed by atoms with Gasteiger partial charge in [-0.05, 0) is 24.3 Å². The van der Waals surface area contributed by atoms with Crippen molar-refractivity contribution in [3.8, 4) is 11.5 Å². The van der Waals surface area contributed by atoms with E-state index < -0.39 is 0 Å². The van der Waals surface area contributed by atoms with E-state index >= 15 is 0 Å². The Morgan fingerprint density at radius 1 is 1.29 bits per heavy atom. The lowest BCUT2D eigenvalue weighted by Gasteiger charge is -2.09. The van der Waals surface area contributed by atoms with Crippen molar-refractivity contribution in [1.29, 1.82) is 5.41 Å². The summed E-state index contributed by atoms with van der Waals surface area (Å²) in [6, 6.07) is 10.9. The molecule has 1 atom stereocenters. The lowest BCUT2D eigenvalue weighted by atomic mass is 10.2. The molecule has 0 aliphatic heterocycles. The highest BCUT2D eigenvalue weighted by Gasteiger charge is 2.06. The van der Waals surface area contributed by atoms with Gasteiger partial charge in [0.2, 0.25) is 0 Å². The van der Waals surface area contributed by atoms with Gasteiger partial charge < -0.3 is 15.9 Å². The third kappa shape index (κ3) is 4.14. The van der Waals surface area contributed by atoms with Crippen molar-refractivity contribution in [1.82, 2.24) is 0 Å². The van der Waals surface area contributed by atoms with E-state index in [0.717, 1.165) is 0 Å². The van der Waals surface area contributed by atoms with Gasteiger partial charge in [0.1, 0.15) is 17.3 Å². The topological polar surface area (TPSA) is 71.5 Å². The van der Waals surface area contributed by atoms with Gasteiger partial charge >= 0.3 is 0 Å². The Morgan fingerprint density at radius 3 is 2.81 bits per heavy atom. The molecule has 5 heteroatoms. The first-order valence-corrected chi connectivity index (χ1v) is 6.46. The number of nitrogens with zero attached hydrogens (tertiary/aromatic N) is 1. The minimum absolute atomic E-state index is 0.0791. The Morgan fingerprint density at radius 2 is 2.10 bits per heavy atom. The SMILES string of the molecule is CC(C=N)C=Nc1ccc(N)cc1Oc1cccc(F)c1. The average Bonchev–Trinajstić information content (AvgIpc) is 2.46. The van der Waals surface area contributed by atoms with Gasteiger partial charge in [0, 0.05) is 36.2 Å². The number of hydrogen-bond acceptors (Lipinski definition) is 4. The van der Waals surface area contributed by atoms with Crippen molar-refractivity contribution in [3.63, 3.8) is 0 Å². The van der Waals surface area contributed by atoms with Crippen LogP contribution >= 0.6 is 0 Å². The first-order valence-electron chi connectivity index (χ1n) is 6.46. The molecule has 0 aliphatic carbocycles. The fraction of sp³-hybridized carbons (Fsp3) is 0.125. The van der Waals surface area contributed by atoms with Gasteiger partial charge in [-0.15, -0.1) is 0 Å². The van der Waals surface area contributed by atoms with Crippen molar-refractivity contribution in [2.24, 2.45) is 10.9 Å². The zero-order valence-corrected chi connectivity index (χ0v) is 11.6. The Kier molecular flexibility index (Phi) is 4.66. The van der Waals surface area contributed by atoms with E-state index in [4.69, 9.17) is 15.9 Å². The van der Waals surface area contributed by atoms with Crippen LogP contribution in [0.25, 0.3) is 0 Å². The highest BCUT2D eigenvalue weighted by Crippen LogP contribution is 2.33. The maximum atomic E-state index is 13.2. The Hall–Kier alpha value is -2.69. The smallest absolute Gasteiger partial charge is 0.155 e. The summed E-state index contributed by atoms with van der Waals surface area (Å²) >= 11 is 0. The molecule has 0 bridgehead atoms. The normalized spacial score (nSPS) is 12.3. The molecule has 3 N–H and O–H groups in total. The third-order valence-electron chi connectivity index (χ3n) is 2.72. The van der Waals surface area contributed by atoms with E-state index in [1.165, 1.54) is 18.3 Å². The number of aliphatic imine (C=N–C) groups is 1. The van der Waals surface area contributed by atoms with E-state index in [2.05, 4.69) is 4.99 Å².